The number of hydrogen-bond acceptors (Lipinski definition) is 3. The molecule has 3 aromatic rings. The van der Waals surface area contributed by atoms with Crippen molar-refractivity contribution in [3.8, 4) is 0 Å². The number of benzene rings is 1. The molecule has 0 radical (unpaired) electrons. The van der Waals surface area contributed by atoms with Crippen molar-refractivity contribution in [3.05, 3.63) is 70.8 Å². The van der Waals surface area contributed by atoms with E-state index in [0.29, 0.717) is 23.7 Å². The van der Waals surface area contributed by atoms with Crippen molar-refractivity contribution in [2.45, 2.75) is 26.4 Å². The van der Waals surface area contributed by atoms with Gasteiger partial charge in [0, 0.05) is 30.5 Å². The van der Waals surface area contributed by atoms with Gasteiger partial charge in [0.2, 0.25) is 0 Å². The van der Waals surface area contributed by atoms with E-state index in [9.17, 15) is 4.79 Å². The molecule has 1 amide bonds. The van der Waals surface area contributed by atoms with Crippen LogP contribution in [0.2, 0.25) is 5.02 Å². The van der Waals surface area contributed by atoms with Gasteiger partial charge in [-0.2, -0.15) is 10.2 Å². The second kappa shape index (κ2) is 7.98. The highest BCUT2D eigenvalue weighted by atomic mass is 35.5. The van der Waals surface area contributed by atoms with Crippen molar-refractivity contribution in [3.63, 3.8) is 0 Å². The normalized spacial score (nSPS) is 10.8. The van der Waals surface area contributed by atoms with Crippen LogP contribution in [0.5, 0.6) is 0 Å². The van der Waals surface area contributed by atoms with E-state index in [-0.39, 0.29) is 5.91 Å². The van der Waals surface area contributed by atoms with Crippen LogP contribution in [0.15, 0.2) is 49.1 Å². The van der Waals surface area contributed by atoms with E-state index >= 15 is 0 Å². The number of halogens is 1. The summed E-state index contributed by atoms with van der Waals surface area (Å²) in [6.07, 6.45) is 7.94. The van der Waals surface area contributed by atoms with E-state index < -0.39 is 0 Å². The lowest BCUT2D eigenvalue weighted by Gasteiger charge is -2.05. The van der Waals surface area contributed by atoms with Crippen molar-refractivity contribution in [2.75, 3.05) is 6.54 Å². The summed E-state index contributed by atoms with van der Waals surface area (Å²) in [4.78, 5) is 12.2. The van der Waals surface area contributed by atoms with Gasteiger partial charge in [-0.3, -0.25) is 14.2 Å². The van der Waals surface area contributed by atoms with E-state index in [0.717, 1.165) is 24.1 Å². The second-order valence-electron chi connectivity index (χ2n) is 5.91. The monoisotopic (exact) mass is 357 g/mol. The van der Waals surface area contributed by atoms with Crippen molar-refractivity contribution in [1.82, 2.24) is 24.9 Å². The smallest absolute Gasteiger partial charge is 0.254 e. The second-order valence-corrected chi connectivity index (χ2v) is 6.32. The predicted octanol–water partition coefficient (Wildman–Crippen LogP) is 2.91. The molecule has 0 bridgehead atoms. The largest absolute Gasteiger partial charge is 0.352 e. The Labute approximate surface area is 151 Å². The first-order chi connectivity index (χ1) is 12.1. The van der Waals surface area contributed by atoms with Gasteiger partial charge in [-0.25, -0.2) is 0 Å². The highest BCUT2D eigenvalue weighted by Gasteiger charge is 2.09. The van der Waals surface area contributed by atoms with Crippen molar-refractivity contribution in [1.29, 1.82) is 0 Å². The summed E-state index contributed by atoms with van der Waals surface area (Å²) in [7, 11) is 0. The molecule has 2 heterocycles. The number of amides is 1. The minimum Gasteiger partial charge on any atom is -0.352 e. The fourth-order valence-electron chi connectivity index (χ4n) is 2.50. The third-order valence-electron chi connectivity index (χ3n) is 3.80. The molecular weight excluding hydrogens is 338 g/mol. The summed E-state index contributed by atoms with van der Waals surface area (Å²) in [5.74, 6) is -0.123. The molecule has 0 aliphatic rings. The van der Waals surface area contributed by atoms with Crippen LogP contribution in [-0.2, 0) is 13.1 Å². The first-order valence-corrected chi connectivity index (χ1v) is 8.53. The highest BCUT2D eigenvalue weighted by Crippen LogP contribution is 2.16. The Morgan fingerprint density at radius 1 is 1.16 bits per heavy atom. The average Bonchev–Trinajstić information content (AvgIpc) is 3.23. The molecule has 0 saturated heterocycles. The van der Waals surface area contributed by atoms with Crippen molar-refractivity contribution in [2.24, 2.45) is 0 Å². The molecule has 0 aliphatic carbocycles. The standard InChI is InChI=1S/C18H20ClN5O/c1-14-9-21-23(11-14)8-4-7-20-18(25)16-10-22-24(13-16)12-15-5-2-3-6-17(15)19/h2-3,5-6,9-11,13H,4,7-8,12H2,1H3,(H,20,25). The zero-order chi connectivity index (χ0) is 17.6. The van der Waals surface area contributed by atoms with Crippen LogP contribution in [0.3, 0.4) is 0 Å². The fourth-order valence-corrected chi connectivity index (χ4v) is 2.70. The van der Waals surface area contributed by atoms with E-state index in [4.69, 9.17) is 11.6 Å². The fraction of sp³-hybridized carbons (Fsp3) is 0.278. The number of nitrogens with one attached hydrogen (secondary N) is 1. The van der Waals surface area contributed by atoms with Crippen LogP contribution in [-0.4, -0.2) is 32.0 Å². The molecule has 0 saturated carbocycles. The molecular formula is C18H20ClN5O. The molecule has 1 aromatic carbocycles. The highest BCUT2D eigenvalue weighted by molar-refractivity contribution is 6.31. The maximum Gasteiger partial charge on any atom is 0.254 e. The lowest BCUT2D eigenvalue weighted by Crippen LogP contribution is -2.25. The molecule has 0 fully saturated rings. The van der Waals surface area contributed by atoms with Gasteiger partial charge in [0.05, 0.1) is 24.5 Å². The first kappa shape index (κ1) is 17.2. The summed E-state index contributed by atoms with van der Waals surface area (Å²) < 4.78 is 3.59. The van der Waals surface area contributed by atoms with E-state index in [1.54, 1.807) is 17.1 Å². The number of aryl methyl sites for hydroxylation is 2. The number of carbonyl (C=O) groups is 1. The van der Waals surface area contributed by atoms with Crippen molar-refractivity contribution >= 4 is 17.5 Å². The summed E-state index contributed by atoms with van der Waals surface area (Å²) >= 11 is 6.15. The van der Waals surface area contributed by atoms with Gasteiger partial charge in [-0.15, -0.1) is 0 Å². The lowest BCUT2D eigenvalue weighted by atomic mass is 10.2. The number of rotatable bonds is 7. The molecule has 7 heteroatoms. The molecule has 130 valence electrons. The third-order valence-corrected chi connectivity index (χ3v) is 4.17. The van der Waals surface area contributed by atoms with Gasteiger partial charge in [0.1, 0.15) is 0 Å². The number of hydrogen-bond donors (Lipinski definition) is 1. The Kier molecular flexibility index (Phi) is 5.50. The predicted molar refractivity (Wildman–Crippen MR) is 96.7 cm³/mol. The molecule has 2 aromatic heterocycles. The molecule has 0 unspecified atom stereocenters. The molecule has 25 heavy (non-hydrogen) atoms. The Hall–Kier alpha value is -2.60. The molecule has 1 N–H and O–H groups in total. The summed E-state index contributed by atoms with van der Waals surface area (Å²) in [5.41, 5.74) is 2.64. The van der Waals surface area contributed by atoms with Crippen molar-refractivity contribution < 1.29 is 4.79 Å². The molecule has 0 spiro atoms. The zero-order valence-corrected chi connectivity index (χ0v) is 14.8. The maximum atomic E-state index is 12.2. The SMILES string of the molecule is Cc1cnn(CCCNC(=O)c2cnn(Cc3ccccc3Cl)c2)c1. The van der Waals surface area contributed by atoms with Crippen LogP contribution in [0.25, 0.3) is 0 Å². The minimum absolute atomic E-state index is 0.123. The summed E-state index contributed by atoms with van der Waals surface area (Å²) in [6, 6.07) is 7.60. The topological polar surface area (TPSA) is 64.7 Å². The van der Waals surface area contributed by atoms with Crippen LogP contribution in [0.4, 0.5) is 0 Å². The van der Waals surface area contributed by atoms with Gasteiger partial charge in [-0.05, 0) is 30.5 Å². The Bertz CT molecular complexity index is 855. The van der Waals surface area contributed by atoms with E-state index in [1.807, 2.05) is 48.3 Å². The van der Waals surface area contributed by atoms with Gasteiger partial charge < -0.3 is 5.32 Å². The van der Waals surface area contributed by atoms with Gasteiger partial charge in [-0.1, -0.05) is 29.8 Å². The van der Waals surface area contributed by atoms with Gasteiger partial charge in [0.25, 0.3) is 5.91 Å². The Morgan fingerprint density at radius 3 is 2.72 bits per heavy atom. The van der Waals surface area contributed by atoms with Crippen LogP contribution < -0.4 is 5.32 Å². The summed E-state index contributed by atoms with van der Waals surface area (Å²) in [5, 5.41) is 12.1. The number of aromatic nitrogens is 4. The van der Waals surface area contributed by atoms with E-state index in [1.165, 1.54) is 0 Å². The molecule has 3 rings (SSSR count). The van der Waals surface area contributed by atoms with Gasteiger partial charge in [0.15, 0.2) is 0 Å². The number of nitrogens with zero attached hydrogens (tertiary/aromatic N) is 4. The summed E-state index contributed by atoms with van der Waals surface area (Å²) in [6.45, 7) is 3.91. The van der Waals surface area contributed by atoms with Crippen LogP contribution in [0, 0.1) is 6.92 Å². The Morgan fingerprint density at radius 2 is 1.96 bits per heavy atom. The van der Waals surface area contributed by atoms with Crippen LogP contribution in [0.1, 0.15) is 27.9 Å². The third kappa shape index (κ3) is 4.70. The molecule has 0 aliphatic heterocycles. The van der Waals surface area contributed by atoms with Crippen LogP contribution >= 0.6 is 11.6 Å². The molecule has 6 nitrogen and oxygen atoms in total. The first-order valence-electron chi connectivity index (χ1n) is 8.15. The maximum absolute atomic E-state index is 12.2. The average molecular weight is 358 g/mol. The molecule has 0 atom stereocenters. The van der Waals surface area contributed by atoms with E-state index in [2.05, 4.69) is 15.5 Å². The van der Waals surface area contributed by atoms with Gasteiger partial charge >= 0.3 is 0 Å². The Balaban J connectivity index is 1.48. The zero-order valence-electron chi connectivity index (χ0n) is 14.0. The quantitative estimate of drug-likeness (QED) is 0.661. The number of carbonyl (C=O) groups excluding carboxylic acids is 1. The minimum atomic E-state index is -0.123. The lowest BCUT2D eigenvalue weighted by molar-refractivity contribution is 0.0952.